The molecule has 8 heteroatoms. The molecule has 0 atom stereocenters. The second-order valence-corrected chi connectivity index (χ2v) is 7.13. The van der Waals surface area contributed by atoms with Gasteiger partial charge in [-0.1, -0.05) is 18.0 Å². The Bertz CT molecular complexity index is 720. The lowest BCUT2D eigenvalue weighted by molar-refractivity contribution is -0.123. The first-order chi connectivity index (χ1) is 12.1. The highest BCUT2D eigenvalue weighted by Gasteiger charge is 2.41. The molecule has 0 aliphatic heterocycles. The third-order valence-corrected chi connectivity index (χ3v) is 5.12. The maximum atomic E-state index is 12.3. The number of carbonyl (C=O) groups is 2. The number of hydrogen-bond acceptors (Lipinski definition) is 6. The molecule has 1 saturated carbocycles. The van der Waals surface area contributed by atoms with Crippen LogP contribution < -0.4 is 10.6 Å². The van der Waals surface area contributed by atoms with Crippen molar-refractivity contribution in [3.05, 3.63) is 34.1 Å². The molecule has 1 aliphatic carbocycles. The highest BCUT2D eigenvalue weighted by molar-refractivity contribution is 7.08. The van der Waals surface area contributed by atoms with Crippen LogP contribution in [0.4, 0.5) is 0 Å². The molecule has 2 aromatic rings. The van der Waals surface area contributed by atoms with Crippen LogP contribution >= 0.6 is 11.3 Å². The number of carbonyl (C=O) groups excluding carboxylic acids is 2. The number of rotatable bonds is 7. The molecule has 0 saturated heterocycles. The van der Waals surface area contributed by atoms with Crippen molar-refractivity contribution >= 4 is 23.2 Å². The largest absolute Gasteiger partial charge is 0.352 e. The number of hydrogen-bond donors (Lipinski definition) is 2. The van der Waals surface area contributed by atoms with Crippen LogP contribution in [0.3, 0.4) is 0 Å². The SMILES string of the molecule is Cc1nc(C2(NC(=O)CCCNC(=O)c3ccsc3)CCCC2)no1. The smallest absolute Gasteiger partial charge is 0.252 e. The molecule has 25 heavy (non-hydrogen) atoms. The molecule has 0 bridgehead atoms. The van der Waals surface area contributed by atoms with Gasteiger partial charge in [0.1, 0.15) is 5.54 Å². The number of aryl methyl sites for hydroxylation is 1. The second-order valence-electron chi connectivity index (χ2n) is 6.35. The highest BCUT2D eigenvalue weighted by atomic mass is 32.1. The summed E-state index contributed by atoms with van der Waals surface area (Å²) in [6.45, 7) is 2.22. The van der Waals surface area contributed by atoms with Gasteiger partial charge in [-0.2, -0.15) is 16.3 Å². The molecule has 1 aliphatic rings. The Kier molecular flexibility index (Phi) is 5.47. The van der Waals surface area contributed by atoms with E-state index < -0.39 is 5.54 Å². The lowest BCUT2D eigenvalue weighted by Crippen LogP contribution is -2.44. The third-order valence-electron chi connectivity index (χ3n) is 4.44. The van der Waals surface area contributed by atoms with Crippen molar-refractivity contribution < 1.29 is 14.1 Å². The predicted molar refractivity (Wildman–Crippen MR) is 93.2 cm³/mol. The van der Waals surface area contributed by atoms with Crippen LogP contribution in [-0.4, -0.2) is 28.5 Å². The molecule has 0 radical (unpaired) electrons. The Hall–Kier alpha value is -2.22. The van der Waals surface area contributed by atoms with Crippen molar-refractivity contribution in [1.29, 1.82) is 0 Å². The molecule has 0 aromatic carbocycles. The number of amides is 2. The molecule has 2 N–H and O–H groups in total. The van der Waals surface area contributed by atoms with Gasteiger partial charge in [0.2, 0.25) is 11.8 Å². The molecule has 2 amide bonds. The van der Waals surface area contributed by atoms with Crippen LogP contribution in [0.15, 0.2) is 21.3 Å². The van der Waals surface area contributed by atoms with E-state index in [-0.39, 0.29) is 11.8 Å². The summed E-state index contributed by atoms with van der Waals surface area (Å²) in [6.07, 6.45) is 4.65. The summed E-state index contributed by atoms with van der Waals surface area (Å²) >= 11 is 1.48. The van der Waals surface area contributed by atoms with Crippen LogP contribution in [0.1, 0.15) is 60.6 Å². The van der Waals surface area contributed by atoms with E-state index in [9.17, 15) is 9.59 Å². The van der Waals surface area contributed by atoms with Crippen molar-refractivity contribution in [3.8, 4) is 0 Å². The molecule has 3 rings (SSSR count). The first kappa shape index (κ1) is 17.6. The van der Waals surface area contributed by atoms with Crippen molar-refractivity contribution in [2.24, 2.45) is 0 Å². The molecule has 2 heterocycles. The molecular formula is C17H22N4O3S. The average molecular weight is 362 g/mol. The fourth-order valence-corrected chi connectivity index (χ4v) is 3.79. The van der Waals surface area contributed by atoms with Crippen molar-refractivity contribution in [2.45, 2.75) is 51.0 Å². The summed E-state index contributed by atoms with van der Waals surface area (Å²) < 4.78 is 5.08. The van der Waals surface area contributed by atoms with Crippen molar-refractivity contribution in [3.63, 3.8) is 0 Å². The summed E-state index contributed by atoms with van der Waals surface area (Å²) in [6, 6.07) is 1.78. The minimum Gasteiger partial charge on any atom is -0.352 e. The fourth-order valence-electron chi connectivity index (χ4n) is 3.15. The predicted octanol–water partition coefficient (Wildman–Crippen LogP) is 2.54. The van der Waals surface area contributed by atoms with E-state index in [1.54, 1.807) is 18.4 Å². The molecule has 0 unspecified atom stereocenters. The standard InChI is InChI=1S/C17H22N4O3S/c1-12-19-16(21-24-12)17(7-2-3-8-17)20-14(22)5-4-9-18-15(23)13-6-10-25-11-13/h6,10-11H,2-5,7-9H2,1H3,(H,18,23)(H,20,22). The van der Waals surface area contributed by atoms with E-state index in [4.69, 9.17) is 4.52 Å². The maximum Gasteiger partial charge on any atom is 0.252 e. The van der Waals surface area contributed by atoms with E-state index in [2.05, 4.69) is 20.8 Å². The van der Waals surface area contributed by atoms with Gasteiger partial charge in [-0.15, -0.1) is 0 Å². The van der Waals surface area contributed by atoms with Gasteiger partial charge in [0, 0.05) is 30.8 Å². The Balaban J connectivity index is 1.47. The molecule has 1 fully saturated rings. The maximum absolute atomic E-state index is 12.3. The molecule has 134 valence electrons. The number of nitrogens with zero attached hydrogens (tertiary/aromatic N) is 2. The summed E-state index contributed by atoms with van der Waals surface area (Å²) in [4.78, 5) is 28.5. The first-order valence-corrected chi connectivity index (χ1v) is 9.45. The van der Waals surface area contributed by atoms with Crippen LogP contribution in [0.2, 0.25) is 0 Å². The zero-order valence-corrected chi connectivity index (χ0v) is 15.0. The van der Waals surface area contributed by atoms with Gasteiger partial charge < -0.3 is 15.2 Å². The molecule has 7 nitrogen and oxygen atoms in total. The normalized spacial score (nSPS) is 15.9. The molecular weight excluding hydrogens is 340 g/mol. The first-order valence-electron chi connectivity index (χ1n) is 8.51. The Morgan fingerprint density at radius 2 is 2.16 bits per heavy atom. The van der Waals surface area contributed by atoms with Crippen LogP contribution in [0.5, 0.6) is 0 Å². The Labute approximate surface area is 150 Å². The average Bonchev–Trinajstić information content (AvgIpc) is 3.32. The minimum absolute atomic E-state index is 0.0471. The zero-order chi connectivity index (χ0) is 17.7. The van der Waals surface area contributed by atoms with Crippen molar-refractivity contribution in [2.75, 3.05) is 6.54 Å². The monoisotopic (exact) mass is 362 g/mol. The van der Waals surface area contributed by atoms with E-state index in [0.717, 1.165) is 25.7 Å². The van der Waals surface area contributed by atoms with Gasteiger partial charge in [0.05, 0.1) is 0 Å². The lowest BCUT2D eigenvalue weighted by atomic mass is 9.96. The van der Waals surface area contributed by atoms with Crippen LogP contribution in [-0.2, 0) is 10.3 Å². The number of aromatic nitrogens is 2. The van der Waals surface area contributed by atoms with Gasteiger partial charge in [0.25, 0.3) is 5.91 Å². The topological polar surface area (TPSA) is 97.1 Å². The Morgan fingerprint density at radius 3 is 2.80 bits per heavy atom. The van der Waals surface area contributed by atoms with Gasteiger partial charge in [-0.05, 0) is 30.7 Å². The number of nitrogens with one attached hydrogen (secondary N) is 2. The molecule has 0 spiro atoms. The summed E-state index contributed by atoms with van der Waals surface area (Å²) in [5.41, 5.74) is 0.154. The van der Waals surface area contributed by atoms with Crippen LogP contribution in [0.25, 0.3) is 0 Å². The quantitative estimate of drug-likeness (QED) is 0.738. The molecule has 2 aromatic heterocycles. The van der Waals surface area contributed by atoms with E-state index in [1.807, 2.05) is 5.38 Å². The van der Waals surface area contributed by atoms with E-state index in [1.165, 1.54) is 11.3 Å². The van der Waals surface area contributed by atoms with Gasteiger partial charge in [0.15, 0.2) is 5.82 Å². The lowest BCUT2D eigenvalue weighted by Gasteiger charge is -2.26. The van der Waals surface area contributed by atoms with Crippen LogP contribution in [0, 0.1) is 6.92 Å². The van der Waals surface area contributed by atoms with Gasteiger partial charge in [-0.25, -0.2) is 0 Å². The Morgan fingerprint density at radius 1 is 1.36 bits per heavy atom. The number of thiophene rings is 1. The van der Waals surface area contributed by atoms with Gasteiger partial charge >= 0.3 is 0 Å². The summed E-state index contributed by atoms with van der Waals surface area (Å²) in [7, 11) is 0. The van der Waals surface area contributed by atoms with E-state index >= 15 is 0 Å². The summed E-state index contributed by atoms with van der Waals surface area (Å²) in [5, 5.41) is 13.6. The summed E-state index contributed by atoms with van der Waals surface area (Å²) in [5.74, 6) is 0.929. The van der Waals surface area contributed by atoms with E-state index in [0.29, 0.717) is 36.7 Å². The minimum atomic E-state index is -0.505. The van der Waals surface area contributed by atoms with Gasteiger partial charge in [-0.3, -0.25) is 9.59 Å². The fraction of sp³-hybridized carbons (Fsp3) is 0.529. The zero-order valence-electron chi connectivity index (χ0n) is 14.2. The third kappa shape index (κ3) is 4.25. The second kappa shape index (κ2) is 7.77. The van der Waals surface area contributed by atoms with Crippen molar-refractivity contribution in [1.82, 2.24) is 20.8 Å². The highest BCUT2D eigenvalue weighted by Crippen LogP contribution is 2.37.